The van der Waals surface area contributed by atoms with Crippen molar-refractivity contribution in [1.82, 2.24) is 5.32 Å². The third-order valence-electron chi connectivity index (χ3n) is 4.06. The van der Waals surface area contributed by atoms with Crippen LogP contribution >= 0.6 is 0 Å². The Bertz CT molecular complexity index is 852. The van der Waals surface area contributed by atoms with E-state index in [9.17, 15) is 14.4 Å². The summed E-state index contributed by atoms with van der Waals surface area (Å²) in [5.41, 5.74) is 1.17. The lowest BCUT2D eigenvalue weighted by molar-refractivity contribution is -0.145. The molecule has 0 aliphatic heterocycles. The maximum Gasteiger partial charge on any atom is 0.344 e. The SMILES string of the molecule is CCOC(=O)COc1cccc(NC(=O)C(NC(=O)CC(C)C)c2ccccc2)c1. The van der Waals surface area contributed by atoms with E-state index in [1.807, 2.05) is 32.0 Å². The largest absolute Gasteiger partial charge is 0.482 e. The van der Waals surface area contributed by atoms with Gasteiger partial charge in [-0.3, -0.25) is 9.59 Å². The quantitative estimate of drug-likeness (QED) is 0.583. The number of benzene rings is 2. The lowest BCUT2D eigenvalue weighted by Gasteiger charge is -2.20. The van der Waals surface area contributed by atoms with Gasteiger partial charge in [-0.2, -0.15) is 0 Å². The zero-order chi connectivity index (χ0) is 21.9. The van der Waals surface area contributed by atoms with E-state index < -0.39 is 12.0 Å². The summed E-state index contributed by atoms with van der Waals surface area (Å²) in [4.78, 5) is 36.7. The molecule has 7 heteroatoms. The number of hydrogen-bond donors (Lipinski definition) is 2. The number of ether oxygens (including phenoxy) is 2. The molecule has 2 aromatic rings. The van der Waals surface area contributed by atoms with Gasteiger partial charge in [0.1, 0.15) is 11.8 Å². The molecule has 0 fully saturated rings. The number of carbonyl (C=O) groups is 3. The number of amides is 2. The maximum atomic E-state index is 13.0. The van der Waals surface area contributed by atoms with Gasteiger partial charge in [0, 0.05) is 18.2 Å². The number of esters is 1. The van der Waals surface area contributed by atoms with Crippen molar-refractivity contribution >= 4 is 23.5 Å². The first kappa shape index (κ1) is 22.9. The second-order valence-corrected chi connectivity index (χ2v) is 7.12. The molecule has 0 radical (unpaired) electrons. The number of anilines is 1. The van der Waals surface area contributed by atoms with E-state index in [4.69, 9.17) is 9.47 Å². The third-order valence-corrected chi connectivity index (χ3v) is 4.06. The predicted molar refractivity (Wildman–Crippen MR) is 114 cm³/mol. The van der Waals surface area contributed by atoms with Gasteiger partial charge in [-0.15, -0.1) is 0 Å². The molecule has 0 aliphatic rings. The van der Waals surface area contributed by atoms with E-state index in [0.29, 0.717) is 23.4 Å². The molecule has 2 amide bonds. The standard InChI is InChI=1S/C23H28N2O5/c1-4-29-21(27)15-30-19-12-8-11-18(14-19)24-23(28)22(17-9-6-5-7-10-17)25-20(26)13-16(2)3/h5-12,14,16,22H,4,13,15H2,1-3H3,(H,24,28)(H,25,26). The minimum absolute atomic E-state index is 0.178. The van der Waals surface area contributed by atoms with Crippen LogP contribution in [0.1, 0.15) is 38.8 Å². The normalized spacial score (nSPS) is 11.5. The van der Waals surface area contributed by atoms with Gasteiger partial charge in [0.05, 0.1) is 6.61 Å². The van der Waals surface area contributed by atoms with E-state index in [1.165, 1.54) is 0 Å². The zero-order valence-electron chi connectivity index (χ0n) is 17.5. The maximum absolute atomic E-state index is 13.0. The molecule has 7 nitrogen and oxygen atoms in total. The molecule has 2 aromatic carbocycles. The Kier molecular flexibility index (Phi) is 8.87. The topological polar surface area (TPSA) is 93.7 Å². The van der Waals surface area contributed by atoms with E-state index in [0.717, 1.165) is 0 Å². The van der Waals surface area contributed by atoms with Crippen molar-refractivity contribution in [1.29, 1.82) is 0 Å². The van der Waals surface area contributed by atoms with Gasteiger partial charge in [-0.05, 0) is 30.5 Å². The molecule has 0 aromatic heterocycles. The molecule has 1 atom stereocenters. The summed E-state index contributed by atoms with van der Waals surface area (Å²) in [6, 6.07) is 14.9. The first-order valence-electron chi connectivity index (χ1n) is 9.92. The van der Waals surface area contributed by atoms with Gasteiger partial charge < -0.3 is 20.1 Å². The molecular weight excluding hydrogens is 384 g/mol. The van der Waals surface area contributed by atoms with Crippen molar-refractivity contribution in [2.45, 2.75) is 33.2 Å². The highest BCUT2D eigenvalue weighted by Crippen LogP contribution is 2.20. The smallest absolute Gasteiger partial charge is 0.344 e. The van der Waals surface area contributed by atoms with Crippen molar-refractivity contribution in [3.05, 3.63) is 60.2 Å². The highest BCUT2D eigenvalue weighted by Gasteiger charge is 2.23. The van der Waals surface area contributed by atoms with Crippen LogP contribution in [0, 0.1) is 5.92 Å². The van der Waals surface area contributed by atoms with Crippen molar-refractivity contribution in [3.8, 4) is 5.75 Å². The molecule has 1 unspecified atom stereocenters. The molecule has 30 heavy (non-hydrogen) atoms. The summed E-state index contributed by atoms with van der Waals surface area (Å²) < 4.78 is 10.2. The molecular formula is C23H28N2O5. The molecule has 0 bridgehead atoms. The van der Waals surface area contributed by atoms with Gasteiger partial charge in [-0.25, -0.2) is 4.79 Å². The highest BCUT2D eigenvalue weighted by atomic mass is 16.6. The highest BCUT2D eigenvalue weighted by molar-refractivity contribution is 5.98. The van der Waals surface area contributed by atoms with Gasteiger partial charge in [0.2, 0.25) is 5.91 Å². The molecule has 0 spiro atoms. The molecule has 160 valence electrons. The Morgan fingerprint density at radius 2 is 1.73 bits per heavy atom. The van der Waals surface area contributed by atoms with Crippen LogP contribution in [-0.4, -0.2) is 31.0 Å². The first-order valence-corrected chi connectivity index (χ1v) is 9.92. The molecule has 2 N–H and O–H groups in total. The monoisotopic (exact) mass is 412 g/mol. The second-order valence-electron chi connectivity index (χ2n) is 7.12. The fraction of sp³-hybridized carbons (Fsp3) is 0.348. The molecule has 0 heterocycles. The van der Waals surface area contributed by atoms with Crippen LogP contribution in [0.5, 0.6) is 5.75 Å². The fourth-order valence-corrected chi connectivity index (χ4v) is 2.76. The Morgan fingerprint density at radius 1 is 1.00 bits per heavy atom. The minimum atomic E-state index is -0.832. The minimum Gasteiger partial charge on any atom is -0.482 e. The average molecular weight is 412 g/mol. The van der Waals surface area contributed by atoms with Gasteiger partial charge >= 0.3 is 5.97 Å². The average Bonchev–Trinajstić information content (AvgIpc) is 2.71. The number of rotatable bonds is 10. The van der Waals surface area contributed by atoms with Crippen LogP contribution < -0.4 is 15.4 Å². The first-order chi connectivity index (χ1) is 14.4. The summed E-state index contributed by atoms with van der Waals surface area (Å²) in [6.45, 7) is 5.67. The fourth-order valence-electron chi connectivity index (χ4n) is 2.76. The van der Waals surface area contributed by atoms with Crippen molar-refractivity contribution in [2.24, 2.45) is 5.92 Å². The Morgan fingerprint density at radius 3 is 2.40 bits per heavy atom. The van der Waals surface area contributed by atoms with Crippen LogP contribution in [0.15, 0.2) is 54.6 Å². The van der Waals surface area contributed by atoms with Gasteiger partial charge in [-0.1, -0.05) is 50.2 Å². The zero-order valence-corrected chi connectivity index (χ0v) is 17.5. The van der Waals surface area contributed by atoms with Gasteiger partial charge in [0.15, 0.2) is 6.61 Å². The van der Waals surface area contributed by atoms with Crippen LogP contribution in [0.2, 0.25) is 0 Å². The van der Waals surface area contributed by atoms with Crippen LogP contribution in [-0.2, 0) is 19.1 Å². The Balaban J connectivity index is 2.10. The third kappa shape index (κ3) is 7.58. The van der Waals surface area contributed by atoms with Crippen molar-refractivity contribution in [3.63, 3.8) is 0 Å². The summed E-state index contributed by atoms with van der Waals surface area (Å²) in [6.07, 6.45) is 0.327. The summed E-state index contributed by atoms with van der Waals surface area (Å²) in [7, 11) is 0. The molecule has 0 saturated heterocycles. The number of nitrogens with one attached hydrogen (secondary N) is 2. The van der Waals surface area contributed by atoms with Crippen molar-refractivity contribution in [2.75, 3.05) is 18.5 Å². The van der Waals surface area contributed by atoms with Crippen molar-refractivity contribution < 1.29 is 23.9 Å². The number of hydrogen-bond acceptors (Lipinski definition) is 5. The van der Waals surface area contributed by atoms with E-state index in [1.54, 1.807) is 43.3 Å². The summed E-state index contributed by atoms with van der Waals surface area (Å²) >= 11 is 0. The lowest BCUT2D eigenvalue weighted by Crippen LogP contribution is -2.37. The van der Waals surface area contributed by atoms with Crippen LogP contribution in [0.3, 0.4) is 0 Å². The van der Waals surface area contributed by atoms with Gasteiger partial charge in [0.25, 0.3) is 5.91 Å². The molecule has 2 rings (SSSR count). The molecule has 0 aliphatic carbocycles. The number of carbonyl (C=O) groups excluding carboxylic acids is 3. The van der Waals surface area contributed by atoms with E-state index >= 15 is 0 Å². The van der Waals surface area contributed by atoms with Crippen LogP contribution in [0.4, 0.5) is 5.69 Å². The van der Waals surface area contributed by atoms with Crippen LogP contribution in [0.25, 0.3) is 0 Å². The van der Waals surface area contributed by atoms with E-state index in [2.05, 4.69) is 10.6 Å². The lowest BCUT2D eigenvalue weighted by atomic mass is 10.0. The predicted octanol–water partition coefficient (Wildman–Crippen LogP) is 3.47. The Labute approximate surface area is 176 Å². The summed E-state index contributed by atoms with van der Waals surface area (Å²) in [5, 5.41) is 5.61. The Hall–Kier alpha value is -3.35. The van der Waals surface area contributed by atoms with E-state index in [-0.39, 0.29) is 30.9 Å². The molecule has 0 saturated carbocycles. The second kappa shape index (κ2) is 11.6. The summed E-state index contributed by atoms with van der Waals surface area (Å²) in [5.74, 6) is -0.441.